The lowest BCUT2D eigenvalue weighted by Gasteiger charge is -2.32. The molecule has 0 unspecified atom stereocenters. The Morgan fingerprint density at radius 1 is 1.38 bits per heavy atom. The molecule has 0 bridgehead atoms. The van der Waals surface area contributed by atoms with Crippen molar-refractivity contribution in [1.82, 2.24) is 0 Å². The lowest BCUT2D eigenvalue weighted by Crippen LogP contribution is -2.29. The van der Waals surface area contributed by atoms with Crippen molar-refractivity contribution in [3.63, 3.8) is 0 Å². The quantitative estimate of drug-likeness (QED) is 0.772. The second kappa shape index (κ2) is 6.69. The Morgan fingerprint density at radius 3 is 2.62 bits per heavy atom. The van der Waals surface area contributed by atoms with E-state index in [1.54, 1.807) is 12.1 Å². The van der Waals surface area contributed by atoms with Crippen molar-refractivity contribution in [2.24, 2.45) is 11.3 Å². The van der Waals surface area contributed by atoms with E-state index in [-0.39, 0.29) is 5.56 Å². The molecule has 2 rings (SSSR count). The molecule has 0 spiro atoms. The van der Waals surface area contributed by atoms with Gasteiger partial charge in [0.1, 0.15) is 0 Å². The maximum Gasteiger partial charge on any atom is 0.337 e. The first kappa shape index (κ1) is 16.2. The number of hydrogen-bond acceptors (Lipinski definition) is 2. The van der Waals surface area contributed by atoms with E-state index in [0.29, 0.717) is 22.0 Å². The van der Waals surface area contributed by atoms with Gasteiger partial charge in [0, 0.05) is 17.3 Å². The fourth-order valence-corrected chi connectivity index (χ4v) is 3.75. The van der Waals surface area contributed by atoms with Gasteiger partial charge < -0.3 is 10.4 Å². The van der Waals surface area contributed by atoms with Crippen LogP contribution in [0, 0.1) is 11.3 Å². The largest absolute Gasteiger partial charge is 0.478 e. The first-order valence-corrected chi connectivity index (χ1v) is 8.06. The minimum atomic E-state index is -0.940. The Labute approximate surface area is 131 Å². The zero-order valence-corrected chi connectivity index (χ0v) is 13.5. The van der Waals surface area contributed by atoms with Gasteiger partial charge in [0.15, 0.2) is 0 Å². The average molecular weight is 310 g/mol. The highest BCUT2D eigenvalue weighted by Gasteiger charge is 2.34. The number of carboxylic acid groups (broad SMARTS) is 1. The van der Waals surface area contributed by atoms with Crippen LogP contribution >= 0.6 is 11.6 Å². The van der Waals surface area contributed by atoms with Crippen LogP contribution in [0.4, 0.5) is 5.69 Å². The van der Waals surface area contributed by atoms with E-state index in [1.807, 2.05) is 0 Å². The van der Waals surface area contributed by atoms with Gasteiger partial charge in [-0.15, -0.1) is 0 Å². The van der Waals surface area contributed by atoms with Gasteiger partial charge in [-0.2, -0.15) is 0 Å². The van der Waals surface area contributed by atoms with Crippen LogP contribution in [0.25, 0.3) is 0 Å². The van der Waals surface area contributed by atoms with Crippen molar-refractivity contribution in [1.29, 1.82) is 0 Å². The lowest BCUT2D eigenvalue weighted by atomic mass is 9.78. The highest BCUT2D eigenvalue weighted by molar-refractivity contribution is 6.31. The predicted octanol–water partition coefficient (Wildman–Crippen LogP) is 5.06. The maximum absolute atomic E-state index is 11.3. The molecule has 0 aromatic heterocycles. The topological polar surface area (TPSA) is 49.3 Å². The molecule has 0 radical (unpaired) electrons. The summed E-state index contributed by atoms with van der Waals surface area (Å²) in [5, 5.41) is 13.1. The number of benzene rings is 1. The molecule has 2 N–H and O–H groups in total. The molecule has 0 aliphatic heterocycles. The second-order valence-corrected chi connectivity index (χ2v) is 7.09. The van der Waals surface area contributed by atoms with Crippen LogP contribution in [0.2, 0.25) is 5.02 Å². The predicted molar refractivity (Wildman–Crippen MR) is 87.3 cm³/mol. The van der Waals surface area contributed by atoms with Gasteiger partial charge in [0.2, 0.25) is 0 Å². The molecule has 4 heteroatoms. The van der Waals surface area contributed by atoms with Crippen LogP contribution in [0.5, 0.6) is 0 Å². The van der Waals surface area contributed by atoms with Crippen LogP contribution in [0.3, 0.4) is 0 Å². The van der Waals surface area contributed by atoms with Crippen molar-refractivity contribution in [2.45, 2.75) is 46.0 Å². The Balaban J connectivity index is 2.12. The van der Waals surface area contributed by atoms with Gasteiger partial charge >= 0.3 is 5.97 Å². The molecule has 1 aromatic carbocycles. The molecule has 116 valence electrons. The summed E-state index contributed by atoms with van der Waals surface area (Å²) in [6, 6.07) is 5.01. The first-order valence-electron chi connectivity index (χ1n) is 7.69. The first-order chi connectivity index (χ1) is 9.92. The van der Waals surface area contributed by atoms with E-state index in [2.05, 4.69) is 19.2 Å². The van der Waals surface area contributed by atoms with Crippen LogP contribution in [-0.4, -0.2) is 17.6 Å². The fourth-order valence-electron chi connectivity index (χ4n) is 3.57. The number of carboxylic acids is 1. The maximum atomic E-state index is 11.3. The van der Waals surface area contributed by atoms with Gasteiger partial charge in [-0.05, 0) is 48.8 Å². The van der Waals surface area contributed by atoms with E-state index < -0.39 is 5.97 Å². The molecule has 1 aromatic rings. The van der Waals surface area contributed by atoms with Crippen LogP contribution in [-0.2, 0) is 0 Å². The van der Waals surface area contributed by atoms with Gasteiger partial charge in [0.05, 0.1) is 5.56 Å². The Morgan fingerprint density at radius 2 is 2.05 bits per heavy atom. The number of halogens is 1. The van der Waals surface area contributed by atoms with E-state index in [4.69, 9.17) is 11.6 Å². The molecule has 0 heterocycles. The Kier molecular flexibility index (Phi) is 5.15. The average Bonchev–Trinajstić information content (AvgIpc) is 2.85. The van der Waals surface area contributed by atoms with Crippen LogP contribution in [0.15, 0.2) is 18.2 Å². The third-order valence-electron chi connectivity index (χ3n) is 4.37. The van der Waals surface area contributed by atoms with Crippen molar-refractivity contribution in [3.05, 3.63) is 28.8 Å². The molecule has 1 aliphatic carbocycles. The molecule has 0 saturated heterocycles. The van der Waals surface area contributed by atoms with Gasteiger partial charge in [-0.25, -0.2) is 4.79 Å². The molecule has 0 atom stereocenters. The van der Waals surface area contributed by atoms with Crippen LogP contribution in [0.1, 0.15) is 56.3 Å². The molecule has 1 aliphatic rings. The summed E-state index contributed by atoms with van der Waals surface area (Å²) in [6.45, 7) is 5.35. The number of aromatic carboxylic acids is 1. The van der Waals surface area contributed by atoms with Gasteiger partial charge in [-0.3, -0.25) is 0 Å². The standard InChI is InChI=1S/C17H24ClNO2/c1-12(2)10-17(7-3-4-8-17)11-19-15-6-5-13(18)9-14(15)16(20)21/h5-6,9,12,19H,3-4,7-8,10-11H2,1-2H3,(H,20,21). The van der Waals surface area contributed by atoms with Crippen molar-refractivity contribution in [2.75, 3.05) is 11.9 Å². The third kappa shape index (κ3) is 4.13. The summed E-state index contributed by atoms with van der Waals surface area (Å²) in [4.78, 5) is 11.3. The molecule has 1 saturated carbocycles. The Bertz CT molecular complexity index is 508. The molecule has 21 heavy (non-hydrogen) atoms. The summed E-state index contributed by atoms with van der Waals surface area (Å²) < 4.78 is 0. The molecular formula is C17H24ClNO2. The summed E-state index contributed by atoms with van der Waals surface area (Å²) in [5.74, 6) is -0.279. The molecule has 3 nitrogen and oxygen atoms in total. The number of nitrogens with one attached hydrogen (secondary N) is 1. The minimum absolute atomic E-state index is 0.250. The number of carbonyl (C=O) groups is 1. The van der Waals surface area contributed by atoms with E-state index in [1.165, 1.54) is 38.2 Å². The van der Waals surface area contributed by atoms with Gasteiger partial charge in [0.25, 0.3) is 0 Å². The SMILES string of the molecule is CC(C)CC1(CNc2ccc(Cl)cc2C(=O)O)CCCC1. The summed E-state index contributed by atoms with van der Waals surface area (Å²) in [7, 11) is 0. The Hall–Kier alpha value is -1.22. The normalized spacial score (nSPS) is 17.1. The van der Waals surface area contributed by atoms with E-state index in [0.717, 1.165) is 6.54 Å². The highest BCUT2D eigenvalue weighted by Crippen LogP contribution is 2.43. The summed E-state index contributed by atoms with van der Waals surface area (Å²) in [6.07, 6.45) is 6.21. The second-order valence-electron chi connectivity index (χ2n) is 6.65. The minimum Gasteiger partial charge on any atom is -0.478 e. The van der Waals surface area contributed by atoms with Crippen LogP contribution < -0.4 is 5.32 Å². The molecular weight excluding hydrogens is 286 g/mol. The van der Waals surface area contributed by atoms with Crippen molar-refractivity contribution < 1.29 is 9.90 Å². The summed E-state index contributed by atoms with van der Waals surface area (Å²) in [5.41, 5.74) is 1.23. The lowest BCUT2D eigenvalue weighted by molar-refractivity contribution is 0.0698. The fraction of sp³-hybridized carbons (Fsp3) is 0.588. The number of rotatable bonds is 6. The smallest absolute Gasteiger partial charge is 0.337 e. The van der Waals surface area contributed by atoms with Gasteiger partial charge in [-0.1, -0.05) is 38.3 Å². The summed E-state index contributed by atoms with van der Waals surface area (Å²) >= 11 is 5.89. The van der Waals surface area contributed by atoms with Crippen molar-refractivity contribution >= 4 is 23.3 Å². The number of hydrogen-bond donors (Lipinski definition) is 2. The third-order valence-corrected chi connectivity index (χ3v) is 4.61. The highest BCUT2D eigenvalue weighted by atomic mass is 35.5. The van der Waals surface area contributed by atoms with E-state index in [9.17, 15) is 9.90 Å². The monoisotopic (exact) mass is 309 g/mol. The molecule has 1 fully saturated rings. The zero-order valence-electron chi connectivity index (χ0n) is 12.8. The van der Waals surface area contributed by atoms with E-state index >= 15 is 0 Å². The number of anilines is 1. The molecule has 0 amide bonds. The van der Waals surface area contributed by atoms with Crippen molar-refractivity contribution in [3.8, 4) is 0 Å². The zero-order chi connectivity index (χ0) is 15.5.